The second-order valence-electron chi connectivity index (χ2n) is 6.63. The summed E-state index contributed by atoms with van der Waals surface area (Å²) < 4.78 is 0. The molecule has 0 unspecified atom stereocenters. The van der Waals surface area contributed by atoms with Crippen molar-refractivity contribution < 1.29 is 4.79 Å². The highest BCUT2D eigenvalue weighted by molar-refractivity contribution is 5.86. The summed E-state index contributed by atoms with van der Waals surface area (Å²) in [5.74, 6) is 0.325. The zero-order valence-electron chi connectivity index (χ0n) is 14.5. The Morgan fingerprint density at radius 2 is 2.16 bits per heavy atom. The van der Waals surface area contributed by atoms with Gasteiger partial charge in [0.1, 0.15) is 11.6 Å². The average molecular weight is 338 g/mol. The second kappa shape index (κ2) is 7.13. The van der Waals surface area contributed by atoms with Crippen LogP contribution in [0.3, 0.4) is 0 Å². The summed E-state index contributed by atoms with van der Waals surface area (Å²) in [7, 11) is 1.75. The van der Waals surface area contributed by atoms with Gasteiger partial charge in [0.25, 0.3) is 0 Å². The van der Waals surface area contributed by atoms with Crippen LogP contribution in [-0.4, -0.2) is 42.6 Å². The lowest BCUT2D eigenvalue weighted by Crippen LogP contribution is -2.58. The van der Waals surface area contributed by atoms with Crippen molar-refractivity contribution in [1.82, 2.24) is 25.9 Å². The molecule has 3 N–H and O–H groups in total. The van der Waals surface area contributed by atoms with Crippen LogP contribution in [0.25, 0.3) is 11.0 Å². The summed E-state index contributed by atoms with van der Waals surface area (Å²) in [4.78, 5) is 21.2. The molecule has 3 rings (SSSR count). The molecule has 1 saturated heterocycles. The number of rotatable bonds is 4. The molecule has 0 saturated carbocycles. The molecule has 1 amide bonds. The van der Waals surface area contributed by atoms with Gasteiger partial charge in [-0.25, -0.2) is 0 Å². The highest BCUT2D eigenvalue weighted by Crippen LogP contribution is 2.35. The van der Waals surface area contributed by atoms with E-state index in [1.165, 1.54) is 0 Å². The van der Waals surface area contributed by atoms with E-state index < -0.39 is 5.54 Å². The van der Waals surface area contributed by atoms with Crippen LogP contribution in [0.15, 0.2) is 24.5 Å². The van der Waals surface area contributed by atoms with Crippen molar-refractivity contribution in [1.29, 1.82) is 5.26 Å². The molecule has 1 fully saturated rings. The zero-order chi connectivity index (χ0) is 17.9. The molecule has 0 spiro atoms. The fourth-order valence-corrected chi connectivity index (χ4v) is 3.64. The number of fused-ring (bicyclic) bond motifs is 1. The van der Waals surface area contributed by atoms with Crippen LogP contribution in [-0.2, 0) is 10.3 Å². The number of nitrogens with zero attached hydrogens (tertiary/aromatic N) is 3. The smallest absolute Gasteiger partial charge is 0.234 e. The number of piperidine rings is 1. The summed E-state index contributed by atoms with van der Waals surface area (Å²) in [5, 5.41) is 18.9. The molecular weight excluding hydrogens is 316 g/mol. The molecule has 0 radical (unpaired) electrons. The lowest BCUT2D eigenvalue weighted by Gasteiger charge is -2.42. The van der Waals surface area contributed by atoms with E-state index in [1.807, 2.05) is 6.07 Å². The highest BCUT2D eigenvalue weighted by atomic mass is 16.2. The number of nitrogens with one attached hydrogen (secondary N) is 3. The van der Waals surface area contributed by atoms with Crippen molar-refractivity contribution >= 4 is 16.9 Å². The van der Waals surface area contributed by atoms with Gasteiger partial charge in [-0.05, 0) is 32.0 Å². The number of likely N-dealkylation sites (N-methyl/N-ethyl adjacent to an activating group) is 1. The van der Waals surface area contributed by atoms with Gasteiger partial charge in [-0.1, -0.05) is 13.0 Å². The van der Waals surface area contributed by atoms with Crippen LogP contribution in [0, 0.1) is 17.2 Å². The minimum Gasteiger partial charge on any atom is -0.344 e. The first-order chi connectivity index (χ1) is 12.1. The van der Waals surface area contributed by atoms with Crippen molar-refractivity contribution in [2.75, 3.05) is 26.7 Å². The van der Waals surface area contributed by atoms with Crippen LogP contribution in [0.2, 0.25) is 0 Å². The molecule has 7 heteroatoms. The quantitative estimate of drug-likeness (QED) is 0.757. The number of carbonyl (C=O) groups is 1. The normalized spacial score (nSPS) is 23.2. The van der Waals surface area contributed by atoms with Gasteiger partial charge in [-0.2, -0.15) is 5.26 Å². The van der Waals surface area contributed by atoms with Gasteiger partial charge >= 0.3 is 0 Å². The Hall–Kier alpha value is -2.56. The summed E-state index contributed by atoms with van der Waals surface area (Å²) in [6.45, 7) is 3.92. The number of hydrogen-bond acceptors (Lipinski definition) is 6. The molecule has 1 aliphatic rings. The van der Waals surface area contributed by atoms with Crippen molar-refractivity contribution in [3.8, 4) is 6.07 Å². The van der Waals surface area contributed by atoms with E-state index in [9.17, 15) is 10.1 Å². The van der Waals surface area contributed by atoms with Crippen LogP contribution in [0.5, 0.6) is 0 Å². The number of hydrogen-bond donors (Lipinski definition) is 3. The van der Waals surface area contributed by atoms with E-state index in [1.54, 1.807) is 25.5 Å². The largest absolute Gasteiger partial charge is 0.344 e. The van der Waals surface area contributed by atoms with E-state index in [0.29, 0.717) is 29.1 Å². The number of carbonyl (C=O) groups excluding carboxylic acids is 1. The zero-order valence-corrected chi connectivity index (χ0v) is 14.5. The fraction of sp³-hybridized carbons (Fsp3) is 0.444. The maximum Gasteiger partial charge on any atom is 0.234 e. The lowest BCUT2D eigenvalue weighted by molar-refractivity contribution is -0.122. The number of aromatic nitrogens is 2. The van der Waals surface area contributed by atoms with E-state index in [-0.39, 0.29) is 12.5 Å². The minimum atomic E-state index is -0.576. The molecule has 0 bridgehead atoms. The standard InChI is InChI=1S/C18H22N6O/c1-12-7-18(11-21-9-12,24-15(25)10-20-2)14-4-3-13(8-19)16-17(14)23-6-5-22-16/h3-6,12,20-21H,7,9-11H2,1-2H3,(H,24,25)/t12-,18-/m0/s1. The first-order valence-corrected chi connectivity index (χ1v) is 8.40. The summed E-state index contributed by atoms with van der Waals surface area (Å²) >= 11 is 0. The first-order valence-electron chi connectivity index (χ1n) is 8.40. The van der Waals surface area contributed by atoms with E-state index in [2.05, 4.69) is 38.9 Å². The van der Waals surface area contributed by atoms with Crippen molar-refractivity contribution in [2.24, 2.45) is 5.92 Å². The fourth-order valence-electron chi connectivity index (χ4n) is 3.64. The van der Waals surface area contributed by atoms with Crippen LogP contribution in [0.4, 0.5) is 0 Å². The summed E-state index contributed by atoms with van der Waals surface area (Å²) in [6.07, 6.45) is 4.00. The third-order valence-electron chi connectivity index (χ3n) is 4.59. The number of benzene rings is 1. The Balaban J connectivity index is 2.15. The number of amides is 1. The highest BCUT2D eigenvalue weighted by Gasteiger charge is 2.39. The maximum atomic E-state index is 12.4. The van der Waals surface area contributed by atoms with Crippen molar-refractivity contribution in [3.63, 3.8) is 0 Å². The van der Waals surface area contributed by atoms with E-state index in [0.717, 1.165) is 18.5 Å². The monoisotopic (exact) mass is 338 g/mol. The third kappa shape index (κ3) is 3.31. The number of nitriles is 1. The molecule has 2 aromatic rings. The lowest BCUT2D eigenvalue weighted by atomic mass is 9.78. The van der Waals surface area contributed by atoms with Gasteiger partial charge in [0.15, 0.2) is 0 Å². The van der Waals surface area contributed by atoms with Crippen LogP contribution < -0.4 is 16.0 Å². The molecule has 130 valence electrons. The van der Waals surface area contributed by atoms with Gasteiger partial charge in [0.05, 0.1) is 23.2 Å². The third-order valence-corrected chi connectivity index (χ3v) is 4.59. The topological polar surface area (TPSA) is 103 Å². The predicted molar refractivity (Wildman–Crippen MR) is 94.7 cm³/mol. The molecular formula is C18H22N6O. The van der Waals surface area contributed by atoms with Gasteiger partial charge in [-0.3, -0.25) is 14.8 Å². The SMILES string of the molecule is CNCC(=O)N[C@]1(c2ccc(C#N)c3nccnc23)CNC[C@@H](C)C1. The first kappa shape index (κ1) is 17.3. The van der Waals surface area contributed by atoms with Gasteiger partial charge in [0.2, 0.25) is 5.91 Å². The van der Waals surface area contributed by atoms with Crippen LogP contribution in [0.1, 0.15) is 24.5 Å². The average Bonchev–Trinajstić information content (AvgIpc) is 2.60. The Bertz CT molecular complexity index is 830. The Kier molecular flexibility index (Phi) is 4.93. The van der Waals surface area contributed by atoms with Gasteiger partial charge < -0.3 is 16.0 Å². The molecule has 1 aromatic carbocycles. The minimum absolute atomic E-state index is 0.0696. The molecule has 1 aliphatic heterocycles. The van der Waals surface area contributed by atoms with Crippen molar-refractivity contribution in [2.45, 2.75) is 18.9 Å². The molecule has 2 atom stereocenters. The van der Waals surface area contributed by atoms with Gasteiger partial charge in [-0.15, -0.1) is 0 Å². The van der Waals surface area contributed by atoms with E-state index >= 15 is 0 Å². The predicted octanol–water partition coefficient (Wildman–Crippen LogP) is 0.662. The summed E-state index contributed by atoms with van der Waals surface area (Å²) in [6, 6.07) is 5.83. The Labute approximate surface area is 146 Å². The van der Waals surface area contributed by atoms with Crippen molar-refractivity contribution in [3.05, 3.63) is 35.7 Å². The summed E-state index contributed by atoms with van der Waals surface area (Å²) in [5.41, 5.74) is 2.05. The molecule has 0 aliphatic carbocycles. The molecule has 7 nitrogen and oxygen atoms in total. The Morgan fingerprint density at radius 3 is 2.84 bits per heavy atom. The van der Waals surface area contributed by atoms with Crippen LogP contribution >= 0.6 is 0 Å². The molecule has 25 heavy (non-hydrogen) atoms. The van der Waals surface area contributed by atoms with Gasteiger partial charge in [0, 0.05) is 24.5 Å². The van der Waals surface area contributed by atoms with E-state index in [4.69, 9.17) is 0 Å². The molecule has 2 heterocycles. The maximum absolute atomic E-state index is 12.4. The Morgan fingerprint density at radius 1 is 1.40 bits per heavy atom. The second-order valence-corrected chi connectivity index (χ2v) is 6.63. The molecule has 1 aromatic heterocycles.